The van der Waals surface area contributed by atoms with Crippen LogP contribution in [-0.4, -0.2) is 64.6 Å². The molecule has 0 aliphatic heterocycles. The number of H-pyrrole nitrogens is 1. The highest BCUT2D eigenvalue weighted by molar-refractivity contribution is 7.16. The Bertz CT molecular complexity index is 1200. The van der Waals surface area contributed by atoms with Crippen molar-refractivity contribution >= 4 is 27.5 Å². The lowest BCUT2D eigenvalue weighted by atomic mass is 10.1. The standard InChI is InChI=1S/C27H35FN4O3S/c28-21-8-5-19(6-9-21)11-14-31(15-13-24(29)34)17-18-32(22-3-1-2-4-22)16-12-20-7-10-23(33)25-26(20)36-27(35)30-25/h5-10,22,33H,1-4,11-18H2,(H2,29,34)(H,30,35). The molecule has 3 aromatic rings. The van der Waals surface area contributed by atoms with Crippen LogP contribution >= 0.6 is 11.3 Å². The van der Waals surface area contributed by atoms with Crippen molar-refractivity contribution in [3.05, 3.63) is 63.0 Å². The van der Waals surface area contributed by atoms with Crippen LogP contribution in [0.1, 0.15) is 43.2 Å². The molecule has 0 radical (unpaired) electrons. The largest absolute Gasteiger partial charge is 0.506 e. The van der Waals surface area contributed by atoms with Gasteiger partial charge in [-0.05, 0) is 55.0 Å². The van der Waals surface area contributed by atoms with E-state index in [0.29, 0.717) is 24.5 Å². The van der Waals surface area contributed by atoms with Gasteiger partial charge in [-0.15, -0.1) is 0 Å². The first-order valence-corrected chi connectivity index (χ1v) is 13.5. The van der Waals surface area contributed by atoms with Crippen molar-refractivity contribution in [3.8, 4) is 5.75 Å². The maximum atomic E-state index is 13.3. The number of aromatic hydroxyl groups is 1. The molecule has 0 unspecified atom stereocenters. The molecule has 1 heterocycles. The number of nitrogens with one attached hydrogen (secondary N) is 1. The average Bonchev–Trinajstić information content (AvgIpc) is 3.52. The molecule has 0 saturated heterocycles. The van der Waals surface area contributed by atoms with E-state index >= 15 is 0 Å². The summed E-state index contributed by atoms with van der Waals surface area (Å²) in [4.78, 5) is 30.7. The number of hydrogen-bond donors (Lipinski definition) is 3. The topological polar surface area (TPSA) is 103 Å². The van der Waals surface area contributed by atoms with E-state index in [-0.39, 0.29) is 22.3 Å². The van der Waals surface area contributed by atoms with Gasteiger partial charge in [-0.25, -0.2) is 4.39 Å². The van der Waals surface area contributed by atoms with Crippen LogP contribution in [0.4, 0.5) is 4.39 Å². The summed E-state index contributed by atoms with van der Waals surface area (Å²) in [5.74, 6) is -0.448. The molecule has 36 heavy (non-hydrogen) atoms. The first kappa shape index (κ1) is 26.3. The van der Waals surface area contributed by atoms with E-state index in [4.69, 9.17) is 5.73 Å². The summed E-state index contributed by atoms with van der Waals surface area (Å²) in [7, 11) is 0. The van der Waals surface area contributed by atoms with Gasteiger partial charge in [0, 0.05) is 45.2 Å². The minimum atomic E-state index is -0.309. The summed E-state index contributed by atoms with van der Waals surface area (Å²) in [6.45, 7) is 3.92. The molecule has 4 N–H and O–H groups in total. The molecular weight excluding hydrogens is 479 g/mol. The fourth-order valence-corrected chi connectivity index (χ4v) is 5.99. The summed E-state index contributed by atoms with van der Waals surface area (Å²) in [6, 6.07) is 10.7. The van der Waals surface area contributed by atoms with Crippen molar-refractivity contribution in [3.63, 3.8) is 0 Å². The van der Waals surface area contributed by atoms with Gasteiger partial charge in [-0.1, -0.05) is 42.4 Å². The number of thiazole rings is 1. The Morgan fingerprint density at radius 2 is 1.78 bits per heavy atom. The number of fused-ring (bicyclic) bond motifs is 1. The minimum Gasteiger partial charge on any atom is -0.506 e. The normalized spacial score (nSPS) is 14.4. The van der Waals surface area contributed by atoms with Crippen molar-refractivity contribution in [1.29, 1.82) is 0 Å². The number of nitrogens with zero attached hydrogens (tertiary/aromatic N) is 2. The molecule has 9 heteroatoms. The average molecular weight is 515 g/mol. The zero-order valence-corrected chi connectivity index (χ0v) is 21.4. The lowest BCUT2D eigenvalue weighted by Crippen LogP contribution is -2.42. The van der Waals surface area contributed by atoms with Crippen molar-refractivity contribution < 1.29 is 14.3 Å². The van der Waals surface area contributed by atoms with Crippen LogP contribution < -0.4 is 10.6 Å². The highest BCUT2D eigenvalue weighted by Crippen LogP contribution is 2.29. The zero-order valence-electron chi connectivity index (χ0n) is 20.5. The van der Waals surface area contributed by atoms with Crippen LogP contribution in [0.3, 0.4) is 0 Å². The molecular formula is C27H35FN4O3S. The number of carbonyl (C=O) groups excluding carboxylic acids is 1. The SMILES string of the molecule is NC(=O)CCN(CCc1ccc(F)cc1)CCN(CCc1ccc(O)c2[nH]c(=O)sc12)C1CCCC1. The van der Waals surface area contributed by atoms with Gasteiger partial charge < -0.3 is 20.7 Å². The van der Waals surface area contributed by atoms with Gasteiger partial charge in [-0.2, -0.15) is 0 Å². The number of primary amides is 1. The summed E-state index contributed by atoms with van der Waals surface area (Å²) in [5.41, 5.74) is 8.08. The minimum absolute atomic E-state index is 0.103. The van der Waals surface area contributed by atoms with Crippen molar-refractivity contribution in [2.24, 2.45) is 5.73 Å². The van der Waals surface area contributed by atoms with E-state index in [1.807, 2.05) is 6.07 Å². The molecule has 1 saturated carbocycles. The smallest absolute Gasteiger partial charge is 0.305 e. The second kappa shape index (κ2) is 12.5. The predicted molar refractivity (Wildman–Crippen MR) is 142 cm³/mol. The Labute approximate surface area is 214 Å². The molecule has 1 fully saturated rings. The number of phenolic OH excluding ortho intramolecular Hbond substituents is 1. The van der Waals surface area contributed by atoms with Gasteiger partial charge in [0.2, 0.25) is 5.91 Å². The van der Waals surface area contributed by atoms with E-state index in [9.17, 15) is 19.1 Å². The molecule has 0 spiro atoms. The molecule has 1 aromatic heterocycles. The highest BCUT2D eigenvalue weighted by atomic mass is 32.1. The zero-order chi connectivity index (χ0) is 25.5. The third-order valence-corrected chi connectivity index (χ3v) is 8.11. The summed E-state index contributed by atoms with van der Waals surface area (Å²) >= 11 is 1.14. The lowest BCUT2D eigenvalue weighted by molar-refractivity contribution is -0.118. The Hall–Kier alpha value is -2.75. The fraction of sp³-hybridized carbons (Fsp3) is 0.481. The summed E-state index contributed by atoms with van der Waals surface area (Å²) in [5, 5.41) is 10.1. The molecule has 194 valence electrons. The van der Waals surface area contributed by atoms with Gasteiger partial charge in [0.25, 0.3) is 0 Å². The third-order valence-electron chi connectivity index (χ3n) is 7.16. The number of aromatic nitrogens is 1. The number of carbonyl (C=O) groups is 1. The van der Waals surface area contributed by atoms with Crippen LogP contribution in [0.2, 0.25) is 0 Å². The monoisotopic (exact) mass is 514 g/mol. The molecule has 4 rings (SSSR count). The second-order valence-electron chi connectivity index (χ2n) is 9.62. The number of phenols is 1. The van der Waals surface area contributed by atoms with Crippen LogP contribution in [0, 0.1) is 5.82 Å². The molecule has 1 amide bonds. The molecule has 2 aromatic carbocycles. The number of rotatable bonds is 13. The number of benzene rings is 2. The number of halogens is 1. The van der Waals surface area contributed by atoms with Crippen LogP contribution in [0.25, 0.3) is 10.2 Å². The number of aromatic amines is 1. The van der Waals surface area contributed by atoms with Gasteiger partial charge in [0.15, 0.2) is 0 Å². The van der Waals surface area contributed by atoms with Crippen LogP contribution in [0.5, 0.6) is 5.75 Å². The van der Waals surface area contributed by atoms with Crippen molar-refractivity contribution in [2.75, 3.05) is 32.7 Å². The van der Waals surface area contributed by atoms with E-state index in [0.717, 1.165) is 66.2 Å². The molecule has 0 atom stereocenters. The van der Waals surface area contributed by atoms with E-state index in [1.165, 1.54) is 37.8 Å². The van der Waals surface area contributed by atoms with Crippen LogP contribution in [-0.2, 0) is 17.6 Å². The Morgan fingerprint density at radius 1 is 1.03 bits per heavy atom. The van der Waals surface area contributed by atoms with Gasteiger partial charge in [-0.3, -0.25) is 14.5 Å². The van der Waals surface area contributed by atoms with Gasteiger partial charge in [0.1, 0.15) is 17.1 Å². The first-order chi connectivity index (χ1) is 17.4. The maximum Gasteiger partial charge on any atom is 0.305 e. The van der Waals surface area contributed by atoms with Crippen LogP contribution in [0.15, 0.2) is 41.2 Å². The fourth-order valence-electron chi connectivity index (χ4n) is 5.09. The first-order valence-electron chi connectivity index (χ1n) is 12.7. The predicted octanol–water partition coefficient (Wildman–Crippen LogP) is 3.64. The summed E-state index contributed by atoms with van der Waals surface area (Å²) < 4.78 is 14.1. The van der Waals surface area contributed by atoms with E-state index in [1.54, 1.807) is 18.2 Å². The second-order valence-corrected chi connectivity index (χ2v) is 10.6. The Morgan fingerprint density at radius 3 is 2.50 bits per heavy atom. The number of hydrogen-bond acceptors (Lipinski definition) is 6. The molecule has 1 aliphatic carbocycles. The van der Waals surface area contributed by atoms with Gasteiger partial charge in [0.05, 0.1) is 4.70 Å². The van der Waals surface area contributed by atoms with E-state index in [2.05, 4.69) is 14.8 Å². The third kappa shape index (κ3) is 7.15. The van der Waals surface area contributed by atoms with Crippen molar-refractivity contribution in [2.45, 2.75) is 51.0 Å². The Balaban J connectivity index is 1.41. The molecule has 0 bridgehead atoms. The molecule has 7 nitrogen and oxygen atoms in total. The lowest BCUT2D eigenvalue weighted by Gasteiger charge is -2.32. The molecule has 1 aliphatic rings. The highest BCUT2D eigenvalue weighted by Gasteiger charge is 2.23. The van der Waals surface area contributed by atoms with E-state index < -0.39 is 0 Å². The Kier molecular flexibility index (Phi) is 9.12. The maximum absolute atomic E-state index is 13.3. The van der Waals surface area contributed by atoms with Gasteiger partial charge >= 0.3 is 4.87 Å². The summed E-state index contributed by atoms with van der Waals surface area (Å²) in [6.07, 6.45) is 6.71. The quantitative estimate of drug-likeness (QED) is 0.323. The number of nitrogens with two attached hydrogens (primary N) is 1. The van der Waals surface area contributed by atoms with Crippen molar-refractivity contribution in [1.82, 2.24) is 14.8 Å². The number of amides is 1.